The van der Waals surface area contributed by atoms with Crippen molar-refractivity contribution >= 4 is 0 Å². The van der Waals surface area contributed by atoms with E-state index >= 15 is 0 Å². The summed E-state index contributed by atoms with van der Waals surface area (Å²) in [4.78, 5) is 4.04. The lowest BCUT2D eigenvalue weighted by atomic mass is 10.1. The first-order valence-corrected chi connectivity index (χ1v) is 6.60. The number of hydrogen-bond acceptors (Lipinski definition) is 2. The summed E-state index contributed by atoms with van der Waals surface area (Å²) in [5, 5.41) is 3.39. The molecule has 1 N–H and O–H groups in total. The summed E-state index contributed by atoms with van der Waals surface area (Å²) in [5.41, 5.74) is 2.35. The van der Waals surface area contributed by atoms with Gasteiger partial charge in [0, 0.05) is 24.6 Å². The Morgan fingerprint density at radius 2 is 2.16 bits per heavy atom. The Labute approximate surface area is 114 Å². The third-order valence-electron chi connectivity index (χ3n) is 3.07. The monoisotopic (exact) mass is 253 g/mol. The molecular weight excluding hydrogens is 234 g/mol. The summed E-state index contributed by atoms with van der Waals surface area (Å²) in [5.74, 6) is 2.78. The highest BCUT2D eigenvalue weighted by atomic mass is 15.0. The number of nitrogens with zero attached hydrogens (tertiary/aromatic N) is 2. The molecule has 0 bridgehead atoms. The molecule has 0 aliphatic carbocycles. The van der Waals surface area contributed by atoms with Crippen LogP contribution in [0, 0.1) is 12.3 Å². The SMILES string of the molecule is C#CC(CCC)NCc1ccc(-n2ccnc2)cc1. The Morgan fingerprint density at radius 1 is 1.37 bits per heavy atom. The predicted octanol–water partition coefficient (Wildman–Crippen LogP) is 2.76. The van der Waals surface area contributed by atoms with E-state index in [0.29, 0.717) is 0 Å². The first-order valence-electron chi connectivity index (χ1n) is 6.60. The van der Waals surface area contributed by atoms with Gasteiger partial charge in [0.1, 0.15) is 0 Å². The van der Waals surface area contributed by atoms with E-state index in [1.54, 1.807) is 12.5 Å². The van der Waals surface area contributed by atoms with E-state index in [9.17, 15) is 0 Å². The zero-order valence-electron chi connectivity index (χ0n) is 11.2. The number of aromatic nitrogens is 2. The molecule has 0 amide bonds. The lowest BCUT2D eigenvalue weighted by molar-refractivity contribution is 0.563. The standard InChI is InChI=1S/C16H19N3/c1-3-5-15(4-2)18-12-14-6-8-16(9-7-14)19-11-10-17-13-19/h2,6-11,13,15,18H,3,5,12H2,1H3. The Bertz CT molecular complexity index is 520. The van der Waals surface area contributed by atoms with E-state index in [-0.39, 0.29) is 6.04 Å². The van der Waals surface area contributed by atoms with Gasteiger partial charge in [0.25, 0.3) is 0 Å². The highest BCUT2D eigenvalue weighted by Crippen LogP contribution is 2.09. The Morgan fingerprint density at radius 3 is 2.74 bits per heavy atom. The fourth-order valence-electron chi connectivity index (χ4n) is 1.97. The summed E-state index contributed by atoms with van der Waals surface area (Å²) in [6, 6.07) is 8.56. The molecule has 1 aromatic heterocycles. The molecule has 0 aliphatic heterocycles. The molecule has 0 fully saturated rings. The van der Waals surface area contributed by atoms with E-state index in [1.807, 2.05) is 10.8 Å². The van der Waals surface area contributed by atoms with Gasteiger partial charge in [0.2, 0.25) is 0 Å². The maximum Gasteiger partial charge on any atom is 0.0991 e. The molecule has 19 heavy (non-hydrogen) atoms. The van der Waals surface area contributed by atoms with Crippen molar-refractivity contribution in [3.63, 3.8) is 0 Å². The van der Waals surface area contributed by atoms with Gasteiger partial charge in [0.15, 0.2) is 0 Å². The van der Waals surface area contributed by atoms with Crippen LogP contribution in [0.1, 0.15) is 25.3 Å². The molecule has 0 spiro atoms. The van der Waals surface area contributed by atoms with Crippen LogP contribution in [0.4, 0.5) is 0 Å². The van der Waals surface area contributed by atoms with Gasteiger partial charge in [-0.05, 0) is 24.1 Å². The van der Waals surface area contributed by atoms with Crippen LogP contribution in [0.3, 0.4) is 0 Å². The molecule has 0 saturated carbocycles. The summed E-state index contributed by atoms with van der Waals surface area (Å²) in [6.07, 6.45) is 13.1. The summed E-state index contributed by atoms with van der Waals surface area (Å²) >= 11 is 0. The number of rotatable bonds is 6. The molecule has 2 rings (SSSR count). The van der Waals surface area contributed by atoms with Gasteiger partial charge in [-0.3, -0.25) is 5.32 Å². The van der Waals surface area contributed by atoms with Crippen LogP contribution in [0.25, 0.3) is 5.69 Å². The fourth-order valence-corrected chi connectivity index (χ4v) is 1.97. The second-order valence-corrected chi connectivity index (χ2v) is 4.53. The van der Waals surface area contributed by atoms with Gasteiger partial charge in [-0.2, -0.15) is 0 Å². The molecule has 3 heteroatoms. The number of benzene rings is 1. The van der Waals surface area contributed by atoms with Crippen molar-refractivity contribution in [2.45, 2.75) is 32.4 Å². The van der Waals surface area contributed by atoms with E-state index < -0.39 is 0 Å². The summed E-state index contributed by atoms with van der Waals surface area (Å²) in [7, 11) is 0. The molecule has 0 radical (unpaired) electrons. The zero-order valence-corrected chi connectivity index (χ0v) is 11.2. The summed E-state index contributed by atoms with van der Waals surface area (Å²) < 4.78 is 1.98. The lowest BCUT2D eigenvalue weighted by Crippen LogP contribution is -2.26. The van der Waals surface area contributed by atoms with Crippen LogP contribution in [0.2, 0.25) is 0 Å². The Hall–Kier alpha value is -2.05. The van der Waals surface area contributed by atoms with E-state index in [0.717, 1.165) is 25.1 Å². The second-order valence-electron chi connectivity index (χ2n) is 4.53. The minimum absolute atomic E-state index is 0.165. The second kappa shape index (κ2) is 6.77. The van der Waals surface area contributed by atoms with Gasteiger partial charge >= 0.3 is 0 Å². The quantitative estimate of drug-likeness (QED) is 0.802. The molecular formula is C16H19N3. The Kier molecular flexibility index (Phi) is 4.77. The minimum Gasteiger partial charge on any atom is -0.306 e. The summed E-state index contributed by atoms with van der Waals surface area (Å²) in [6.45, 7) is 2.95. The van der Waals surface area contributed by atoms with Crippen LogP contribution in [0.5, 0.6) is 0 Å². The molecule has 0 saturated heterocycles. The molecule has 1 aromatic carbocycles. The largest absolute Gasteiger partial charge is 0.306 e. The average Bonchev–Trinajstić information content (AvgIpc) is 2.98. The van der Waals surface area contributed by atoms with Crippen LogP contribution in [-0.2, 0) is 6.54 Å². The van der Waals surface area contributed by atoms with Gasteiger partial charge in [-0.25, -0.2) is 4.98 Å². The molecule has 0 aliphatic rings. The minimum atomic E-state index is 0.165. The third kappa shape index (κ3) is 3.70. The third-order valence-corrected chi connectivity index (χ3v) is 3.07. The molecule has 1 heterocycles. The van der Waals surface area contributed by atoms with Crippen molar-refractivity contribution in [3.8, 4) is 18.0 Å². The first kappa shape index (κ1) is 13.4. The Balaban J connectivity index is 1.94. The number of imidazole rings is 1. The van der Waals surface area contributed by atoms with E-state index in [2.05, 4.69) is 47.4 Å². The van der Waals surface area contributed by atoms with Crippen molar-refractivity contribution in [2.75, 3.05) is 0 Å². The maximum atomic E-state index is 5.49. The highest BCUT2D eigenvalue weighted by molar-refractivity contribution is 5.34. The van der Waals surface area contributed by atoms with Gasteiger partial charge in [-0.15, -0.1) is 6.42 Å². The van der Waals surface area contributed by atoms with Crippen molar-refractivity contribution in [2.24, 2.45) is 0 Å². The van der Waals surface area contributed by atoms with Crippen LogP contribution < -0.4 is 5.32 Å². The van der Waals surface area contributed by atoms with Gasteiger partial charge in [-0.1, -0.05) is 31.4 Å². The highest BCUT2D eigenvalue weighted by Gasteiger charge is 2.03. The smallest absolute Gasteiger partial charge is 0.0991 e. The van der Waals surface area contributed by atoms with Crippen molar-refractivity contribution < 1.29 is 0 Å². The van der Waals surface area contributed by atoms with Gasteiger partial charge < -0.3 is 4.57 Å². The lowest BCUT2D eigenvalue weighted by Gasteiger charge is -2.12. The van der Waals surface area contributed by atoms with Crippen LogP contribution >= 0.6 is 0 Å². The first-order chi connectivity index (χ1) is 9.33. The van der Waals surface area contributed by atoms with Gasteiger partial charge in [0.05, 0.1) is 12.4 Å². The maximum absolute atomic E-state index is 5.49. The van der Waals surface area contributed by atoms with Crippen molar-refractivity contribution in [1.82, 2.24) is 14.9 Å². The fraction of sp³-hybridized carbons (Fsp3) is 0.312. The number of hydrogen-bond donors (Lipinski definition) is 1. The average molecular weight is 253 g/mol. The normalized spacial score (nSPS) is 12.0. The molecule has 1 unspecified atom stereocenters. The van der Waals surface area contributed by atoms with Crippen molar-refractivity contribution in [1.29, 1.82) is 0 Å². The van der Waals surface area contributed by atoms with Crippen LogP contribution in [-0.4, -0.2) is 15.6 Å². The number of nitrogens with one attached hydrogen (secondary N) is 1. The van der Waals surface area contributed by atoms with Crippen LogP contribution in [0.15, 0.2) is 43.0 Å². The van der Waals surface area contributed by atoms with E-state index in [1.165, 1.54) is 5.56 Å². The zero-order chi connectivity index (χ0) is 13.5. The molecule has 3 nitrogen and oxygen atoms in total. The molecule has 2 aromatic rings. The molecule has 98 valence electrons. The topological polar surface area (TPSA) is 29.9 Å². The van der Waals surface area contributed by atoms with E-state index in [4.69, 9.17) is 6.42 Å². The predicted molar refractivity (Wildman–Crippen MR) is 77.9 cm³/mol. The van der Waals surface area contributed by atoms with Crippen molar-refractivity contribution in [3.05, 3.63) is 48.5 Å². The molecule has 1 atom stereocenters. The number of terminal acetylenes is 1.